The number of likely N-dealkylation sites (N-methyl/N-ethyl adjacent to an activating group) is 1. The third-order valence-corrected chi connectivity index (χ3v) is 5.13. The number of ether oxygens (including phenoxy) is 2. The minimum atomic E-state index is -0.479. The standard InChI is InChI=1S/C21H31N3O4/c1-15(2)12-17(21(26)24-8-6-23(3)7-9-24)22-20(25)14-16-4-5-18-19(13-16)28-11-10-27-18/h4-5,13,15,17H,6-12,14H2,1-3H3,(H,22,25). The minimum Gasteiger partial charge on any atom is -0.486 e. The van der Waals surface area contributed by atoms with Crippen LogP contribution in [0.3, 0.4) is 0 Å². The van der Waals surface area contributed by atoms with Crippen molar-refractivity contribution in [3.63, 3.8) is 0 Å². The minimum absolute atomic E-state index is 0.0253. The lowest BCUT2D eigenvalue weighted by molar-refractivity contribution is -0.138. The number of nitrogens with one attached hydrogen (secondary N) is 1. The molecule has 0 aliphatic carbocycles. The van der Waals surface area contributed by atoms with Gasteiger partial charge in [0.25, 0.3) is 0 Å². The number of hydrogen-bond acceptors (Lipinski definition) is 5. The molecule has 154 valence electrons. The zero-order valence-electron chi connectivity index (χ0n) is 17.1. The van der Waals surface area contributed by atoms with Gasteiger partial charge in [-0.1, -0.05) is 19.9 Å². The van der Waals surface area contributed by atoms with E-state index in [1.54, 1.807) is 0 Å². The molecule has 2 heterocycles. The number of carbonyl (C=O) groups excluding carboxylic acids is 2. The number of nitrogens with zero attached hydrogens (tertiary/aromatic N) is 2. The molecule has 2 aliphatic heterocycles. The number of hydrogen-bond donors (Lipinski definition) is 1. The van der Waals surface area contributed by atoms with E-state index in [2.05, 4.69) is 31.1 Å². The smallest absolute Gasteiger partial charge is 0.245 e. The number of piperazine rings is 1. The first kappa shape index (κ1) is 20.5. The molecule has 0 aromatic heterocycles. The van der Waals surface area contributed by atoms with Crippen LogP contribution in [-0.4, -0.2) is 74.1 Å². The number of amides is 2. The molecule has 0 spiro atoms. The Hall–Kier alpha value is -2.28. The molecule has 0 radical (unpaired) electrons. The fourth-order valence-electron chi connectivity index (χ4n) is 3.57. The van der Waals surface area contributed by atoms with Gasteiger partial charge in [0.2, 0.25) is 11.8 Å². The maximum Gasteiger partial charge on any atom is 0.245 e. The Morgan fingerprint density at radius 2 is 1.75 bits per heavy atom. The van der Waals surface area contributed by atoms with Gasteiger partial charge in [-0.05, 0) is 37.1 Å². The highest BCUT2D eigenvalue weighted by Crippen LogP contribution is 2.30. The molecule has 2 amide bonds. The van der Waals surface area contributed by atoms with E-state index in [0.717, 1.165) is 18.7 Å². The number of fused-ring (bicyclic) bond motifs is 1. The van der Waals surface area contributed by atoms with E-state index >= 15 is 0 Å². The molecule has 0 saturated carbocycles. The van der Waals surface area contributed by atoms with Crippen LogP contribution in [0.4, 0.5) is 0 Å². The van der Waals surface area contributed by atoms with E-state index in [4.69, 9.17) is 9.47 Å². The van der Waals surface area contributed by atoms with Crippen molar-refractivity contribution in [1.29, 1.82) is 0 Å². The van der Waals surface area contributed by atoms with E-state index in [0.29, 0.717) is 50.1 Å². The van der Waals surface area contributed by atoms with Crippen molar-refractivity contribution >= 4 is 11.8 Å². The molecule has 1 unspecified atom stereocenters. The van der Waals surface area contributed by atoms with E-state index in [1.165, 1.54) is 0 Å². The molecular weight excluding hydrogens is 358 g/mol. The summed E-state index contributed by atoms with van der Waals surface area (Å²) in [5, 5.41) is 2.97. The van der Waals surface area contributed by atoms with Crippen LogP contribution in [0.15, 0.2) is 18.2 Å². The van der Waals surface area contributed by atoms with Gasteiger partial charge in [-0.15, -0.1) is 0 Å². The summed E-state index contributed by atoms with van der Waals surface area (Å²) < 4.78 is 11.1. The summed E-state index contributed by atoms with van der Waals surface area (Å²) in [6.07, 6.45) is 0.847. The maximum atomic E-state index is 13.0. The largest absolute Gasteiger partial charge is 0.486 e. The third-order valence-electron chi connectivity index (χ3n) is 5.13. The summed E-state index contributed by atoms with van der Waals surface area (Å²) in [6.45, 7) is 8.34. The fourth-order valence-corrected chi connectivity index (χ4v) is 3.57. The summed E-state index contributed by atoms with van der Waals surface area (Å²) in [5.74, 6) is 1.57. The van der Waals surface area contributed by atoms with Gasteiger partial charge in [0, 0.05) is 26.2 Å². The molecule has 28 heavy (non-hydrogen) atoms. The lowest BCUT2D eigenvalue weighted by Crippen LogP contribution is -2.54. The summed E-state index contributed by atoms with van der Waals surface area (Å²) in [7, 11) is 2.06. The number of carbonyl (C=O) groups is 2. The van der Waals surface area contributed by atoms with E-state index < -0.39 is 6.04 Å². The van der Waals surface area contributed by atoms with Crippen molar-refractivity contribution in [2.75, 3.05) is 46.4 Å². The van der Waals surface area contributed by atoms with Crippen LogP contribution >= 0.6 is 0 Å². The van der Waals surface area contributed by atoms with Gasteiger partial charge < -0.3 is 24.6 Å². The molecule has 1 atom stereocenters. The van der Waals surface area contributed by atoms with Gasteiger partial charge in [-0.3, -0.25) is 9.59 Å². The fraction of sp³-hybridized carbons (Fsp3) is 0.619. The van der Waals surface area contributed by atoms with Gasteiger partial charge >= 0.3 is 0 Å². The third kappa shape index (κ3) is 5.38. The van der Waals surface area contributed by atoms with Gasteiger partial charge in [0.05, 0.1) is 6.42 Å². The monoisotopic (exact) mass is 389 g/mol. The van der Waals surface area contributed by atoms with Crippen molar-refractivity contribution in [2.45, 2.75) is 32.7 Å². The highest BCUT2D eigenvalue weighted by molar-refractivity contribution is 5.88. The van der Waals surface area contributed by atoms with Gasteiger partial charge in [-0.25, -0.2) is 0 Å². The average Bonchev–Trinajstić information content (AvgIpc) is 2.67. The SMILES string of the molecule is CC(C)CC(NC(=O)Cc1ccc2c(c1)OCCO2)C(=O)N1CCN(C)CC1. The summed E-state index contributed by atoms with van der Waals surface area (Å²) in [4.78, 5) is 29.7. The number of rotatable bonds is 6. The van der Waals surface area contributed by atoms with Crippen LogP contribution in [0.1, 0.15) is 25.8 Å². The Kier molecular flexibility index (Phi) is 6.78. The highest BCUT2D eigenvalue weighted by Gasteiger charge is 2.28. The topological polar surface area (TPSA) is 71.1 Å². The first-order chi connectivity index (χ1) is 13.4. The second-order valence-corrected chi connectivity index (χ2v) is 8.03. The van der Waals surface area contributed by atoms with Crippen LogP contribution in [0.5, 0.6) is 11.5 Å². The van der Waals surface area contributed by atoms with Crippen LogP contribution < -0.4 is 14.8 Å². The maximum absolute atomic E-state index is 13.0. The summed E-state index contributed by atoms with van der Waals surface area (Å²) in [5.41, 5.74) is 0.845. The molecule has 1 N–H and O–H groups in total. The molecule has 7 nitrogen and oxygen atoms in total. The second-order valence-electron chi connectivity index (χ2n) is 8.03. The zero-order chi connectivity index (χ0) is 20.1. The van der Waals surface area contributed by atoms with Crippen molar-refractivity contribution < 1.29 is 19.1 Å². The van der Waals surface area contributed by atoms with E-state index in [-0.39, 0.29) is 18.2 Å². The first-order valence-electron chi connectivity index (χ1n) is 10.1. The molecule has 1 aromatic carbocycles. The molecule has 7 heteroatoms. The predicted octanol–water partition coefficient (Wildman–Crippen LogP) is 1.31. The second kappa shape index (κ2) is 9.28. The first-order valence-corrected chi connectivity index (χ1v) is 10.1. The Bertz CT molecular complexity index is 699. The van der Waals surface area contributed by atoms with Crippen molar-refractivity contribution in [3.8, 4) is 11.5 Å². The van der Waals surface area contributed by atoms with Gasteiger partial charge in [-0.2, -0.15) is 0 Å². The molecule has 0 bridgehead atoms. The predicted molar refractivity (Wildman–Crippen MR) is 107 cm³/mol. The molecule has 2 aliphatic rings. The van der Waals surface area contributed by atoms with Gasteiger partial charge in [0.1, 0.15) is 19.3 Å². The Morgan fingerprint density at radius 1 is 1.07 bits per heavy atom. The van der Waals surface area contributed by atoms with Crippen molar-refractivity contribution in [1.82, 2.24) is 15.1 Å². The van der Waals surface area contributed by atoms with Gasteiger partial charge in [0.15, 0.2) is 11.5 Å². The lowest BCUT2D eigenvalue weighted by Gasteiger charge is -2.35. The van der Waals surface area contributed by atoms with Crippen LogP contribution in [0.25, 0.3) is 0 Å². The van der Waals surface area contributed by atoms with Crippen LogP contribution in [0, 0.1) is 5.92 Å². The molecule has 1 saturated heterocycles. The van der Waals surface area contributed by atoms with Crippen LogP contribution in [0.2, 0.25) is 0 Å². The zero-order valence-corrected chi connectivity index (χ0v) is 17.1. The van der Waals surface area contributed by atoms with E-state index in [1.807, 2.05) is 23.1 Å². The normalized spacial score (nSPS) is 18.1. The molecule has 1 fully saturated rings. The molecule has 1 aromatic rings. The van der Waals surface area contributed by atoms with E-state index in [9.17, 15) is 9.59 Å². The molecule has 3 rings (SSSR count). The van der Waals surface area contributed by atoms with Crippen LogP contribution in [-0.2, 0) is 16.0 Å². The van der Waals surface area contributed by atoms with Crippen molar-refractivity contribution in [3.05, 3.63) is 23.8 Å². The lowest BCUT2D eigenvalue weighted by atomic mass is 10.0. The average molecular weight is 389 g/mol. The Labute approximate surface area is 167 Å². The summed E-state index contributed by atoms with van der Waals surface area (Å²) in [6, 6.07) is 5.06. The highest BCUT2D eigenvalue weighted by atomic mass is 16.6. The Morgan fingerprint density at radius 3 is 2.43 bits per heavy atom. The quantitative estimate of drug-likeness (QED) is 0.794. The summed E-state index contributed by atoms with van der Waals surface area (Å²) >= 11 is 0. The Balaban J connectivity index is 1.61. The van der Waals surface area contributed by atoms with Crippen molar-refractivity contribution in [2.24, 2.45) is 5.92 Å². The molecular formula is C21H31N3O4. The number of benzene rings is 1.